The minimum absolute atomic E-state index is 0.152. The number of carboxylic acid groups (broad SMARTS) is 2. The van der Waals surface area contributed by atoms with Gasteiger partial charge in [-0.1, -0.05) is 0 Å². The molecule has 2 aromatic rings. The van der Waals surface area contributed by atoms with Crippen molar-refractivity contribution in [3.05, 3.63) is 46.8 Å². The van der Waals surface area contributed by atoms with Crippen LogP contribution in [0.4, 0.5) is 0 Å². The molecule has 0 unspecified atom stereocenters. The molecule has 2 heterocycles. The highest BCUT2D eigenvalue weighted by Crippen LogP contribution is 2.20. The van der Waals surface area contributed by atoms with Gasteiger partial charge in [0.15, 0.2) is 0 Å². The molecule has 2 aromatic heterocycles. The predicted octanol–water partition coefficient (Wildman–Crippen LogP) is 0.315. The molecule has 0 amide bonds. The van der Waals surface area contributed by atoms with Crippen LogP contribution >= 0.6 is 0 Å². The molecule has 0 bridgehead atoms. The summed E-state index contributed by atoms with van der Waals surface area (Å²) in [5.41, 5.74) is 14.3. The molecule has 6 N–H and O–H groups in total. The number of rotatable bonds is 7. The largest absolute Gasteiger partial charge is 0.481 e. The summed E-state index contributed by atoms with van der Waals surface area (Å²) in [6.07, 6.45) is -0.331. The zero-order valence-corrected chi connectivity index (χ0v) is 12.9. The molecule has 2 rings (SSSR count). The summed E-state index contributed by atoms with van der Waals surface area (Å²) < 4.78 is 0. The van der Waals surface area contributed by atoms with Crippen molar-refractivity contribution < 1.29 is 19.8 Å². The fourth-order valence-corrected chi connectivity index (χ4v) is 2.33. The Kier molecular flexibility index (Phi) is 5.56. The minimum Gasteiger partial charge on any atom is -0.481 e. The number of carbonyl (C=O) groups is 2. The summed E-state index contributed by atoms with van der Waals surface area (Å²) in [6.45, 7) is 0.304. The number of aliphatic carboxylic acids is 2. The van der Waals surface area contributed by atoms with E-state index >= 15 is 0 Å². The maximum Gasteiger partial charge on any atom is 0.307 e. The average molecular weight is 330 g/mol. The molecule has 0 saturated carbocycles. The van der Waals surface area contributed by atoms with Crippen LogP contribution in [0.25, 0.3) is 11.4 Å². The maximum atomic E-state index is 10.9. The Labute approximate surface area is 138 Å². The fraction of sp³-hybridized carbons (Fsp3) is 0.250. The standard InChI is InChI=1S/C16H18N4O4/c17-7-11-1-9(5-15(21)22)3-13(19-11)14-4-10(6-16(23)24)2-12(8-18)20-14/h1-4H,5-8,17-18H2,(H,21,22)(H,23,24). The number of pyridine rings is 2. The first kappa shape index (κ1) is 17.5. The molecule has 0 aliphatic heterocycles. The van der Waals surface area contributed by atoms with Crippen molar-refractivity contribution >= 4 is 11.9 Å². The first-order chi connectivity index (χ1) is 11.4. The van der Waals surface area contributed by atoms with Crippen LogP contribution in [0.2, 0.25) is 0 Å². The Balaban J connectivity index is 2.52. The van der Waals surface area contributed by atoms with E-state index in [0.717, 1.165) is 0 Å². The first-order valence-electron chi connectivity index (χ1n) is 7.25. The number of hydrogen-bond donors (Lipinski definition) is 4. The normalized spacial score (nSPS) is 10.6. The number of nitrogens with two attached hydrogens (primary N) is 2. The summed E-state index contributed by atoms with van der Waals surface area (Å²) in [4.78, 5) is 30.6. The fourth-order valence-electron chi connectivity index (χ4n) is 2.33. The van der Waals surface area contributed by atoms with Gasteiger partial charge in [-0.05, 0) is 35.4 Å². The van der Waals surface area contributed by atoms with Crippen LogP contribution in [0.3, 0.4) is 0 Å². The second-order valence-corrected chi connectivity index (χ2v) is 5.25. The lowest BCUT2D eigenvalue weighted by molar-refractivity contribution is -0.137. The highest BCUT2D eigenvalue weighted by molar-refractivity contribution is 5.72. The molecule has 0 fully saturated rings. The third-order valence-electron chi connectivity index (χ3n) is 3.27. The van der Waals surface area contributed by atoms with Gasteiger partial charge in [0.2, 0.25) is 0 Å². The third-order valence-corrected chi connectivity index (χ3v) is 3.27. The first-order valence-corrected chi connectivity index (χ1v) is 7.25. The molecule has 0 radical (unpaired) electrons. The summed E-state index contributed by atoms with van der Waals surface area (Å²) >= 11 is 0. The second-order valence-electron chi connectivity index (χ2n) is 5.25. The molecule has 0 spiro atoms. The molecule has 126 valence electrons. The van der Waals surface area contributed by atoms with Crippen molar-refractivity contribution in [2.24, 2.45) is 11.5 Å². The Morgan fingerprint density at radius 3 is 1.46 bits per heavy atom. The van der Waals surface area contributed by atoms with E-state index in [0.29, 0.717) is 33.9 Å². The van der Waals surface area contributed by atoms with Gasteiger partial charge < -0.3 is 21.7 Å². The van der Waals surface area contributed by atoms with Crippen molar-refractivity contribution in [2.45, 2.75) is 25.9 Å². The van der Waals surface area contributed by atoms with Crippen LogP contribution in [-0.4, -0.2) is 32.1 Å². The number of hydrogen-bond acceptors (Lipinski definition) is 6. The lowest BCUT2D eigenvalue weighted by atomic mass is 10.1. The van der Waals surface area contributed by atoms with Crippen LogP contribution in [0.15, 0.2) is 24.3 Å². The van der Waals surface area contributed by atoms with Crippen molar-refractivity contribution in [3.63, 3.8) is 0 Å². The van der Waals surface area contributed by atoms with Gasteiger partial charge >= 0.3 is 11.9 Å². The van der Waals surface area contributed by atoms with Crippen LogP contribution in [0.5, 0.6) is 0 Å². The predicted molar refractivity (Wildman–Crippen MR) is 85.9 cm³/mol. The van der Waals surface area contributed by atoms with E-state index in [-0.39, 0.29) is 25.9 Å². The molecular weight excluding hydrogens is 312 g/mol. The smallest absolute Gasteiger partial charge is 0.307 e. The van der Waals surface area contributed by atoms with Crippen molar-refractivity contribution in [3.8, 4) is 11.4 Å². The molecule has 0 aliphatic carbocycles. The molecule has 0 aliphatic rings. The molecular formula is C16H18N4O4. The third kappa shape index (κ3) is 4.58. The zero-order chi connectivity index (χ0) is 17.7. The van der Waals surface area contributed by atoms with Gasteiger partial charge in [-0.3, -0.25) is 9.59 Å². The number of aromatic nitrogens is 2. The lowest BCUT2D eigenvalue weighted by Crippen LogP contribution is -2.08. The molecule has 8 nitrogen and oxygen atoms in total. The Morgan fingerprint density at radius 2 is 1.17 bits per heavy atom. The van der Waals surface area contributed by atoms with Gasteiger partial charge in [-0.15, -0.1) is 0 Å². The van der Waals surface area contributed by atoms with Gasteiger partial charge in [-0.2, -0.15) is 0 Å². The quantitative estimate of drug-likeness (QED) is 0.566. The zero-order valence-electron chi connectivity index (χ0n) is 12.9. The summed E-state index contributed by atoms with van der Waals surface area (Å²) in [6, 6.07) is 6.48. The van der Waals surface area contributed by atoms with Gasteiger partial charge in [0.25, 0.3) is 0 Å². The summed E-state index contributed by atoms with van der Waals surface area (Å²) in [7, 11) is 0. The van der Waals surface area contributed by atoms with Crippen molar-refractivity contribution in [2.75, 3.05) is 0 Å². The Bertz CT molecular complexity index is 711. The highest BCUT2D eigenvalue weighted by atomic mass is 16.4. The van der Waals surface area contributed by atoms with E-state index in [1.54, 1.807) is 24.3 Å². The van der Waals surface area contributed by atoms with E-state index < -0.39 is 11.9 Å². The average Bonchev–Trinajstić information content (AvgIpc) is 2.52. The maximum absolute atomic E-state index is 10.9. The molecule has 8 heteroatoms. The summed E-state index contributed by atoms with van der Waals surface area (Å²) in [5.74, 6) is -1.93. The Morgan fingerprint density at radius 1 is 0.792 bits per heavy atom. The molecule has 24 heavy (non-hydrogen) atoms. The SMILES string of the molecule is NCc1cc(CC(=O)O)cc(-c2cc(CC(=O)O)cc(CN)n2)n1. The monoisotopic (exact) mass is 330 g/mol. The van der Waals surface area contributed by atoms with E-state index in [1.165, 1.54) is 0 Å². The molecule has 0 atom stereocenters. The van der Waals surface area contributed by atoms with Crippen LogP contribution in [0.1, 0.15) is 22.5 Å². The topological polar surface area (TPSA) is 152 Å². The number of carboxylic acids is 2. The van der Waals surface area contributed by atoms with E-state index in [1.807, 2.05) is 0 Å². The van der Waals surface area contributed by atoms with Gasteiger partial charge in [0, 0.05) is 13.1 Å². The minimum atomic E-state index is -0.967. The summed E-state index contributed by atoms with van der Waals surface area (Å²) in [5, 5.41) is 17.9. The lowest BCUT2D eigenvalue weighted by Gasteiger charge is -2.09. The van der Waals surface area contributed by atoms with Crippen LogP contribution < -0.4 is 11.5 Å². The highest BCUT2D eigenvalue weighted by Gasteiger charge is 2.12. The van der Waals surface area contributed by atoms with E-state index in [9.17, 15) is 9.59 Å². The van der Waals surface area contributed by atoms with Gasteiger partial charge in [0.1, 0.15) is 0 Å². The molecule has 0 saturated heterocycles. The number of nitrogens with zero attached hydrogens (tertiary/aromatic N) is 2. The Hall–Kier alpha value is -2.84. The van der Waals surface area contributed by atoms with Crippen molar-refractivity contribution in [1.82, 2.24) is 9.97 Å². The molecule has 0 aromatic carbocycles. The van der Waals surface area contributed by atoms with Crippen molar-refractivity contribution in [1.29, 1.82) is 0 Å². The van der Waals surface area contributed by atoms with Gasteiger partial charge in [0.05, 0.1) is 35.6 Å². The van der Waals surface area contributed by atoms with E-state index in [4.69, 9.17) is 21.7 Å². The second kappa shape index (κ2) is 7.62. The van der Waals surface area contributed by atoms with E-state index in [2.05, 4.69) is 9.97 Å². The van der Waals surface area contributed by atoms with Gasteiger partial charge in [-0.25, -0.2) is 9.97 Å². The van der Waals surface area contributed by atoms with Crippen LogP contribution in [-0.2, 0) is 35.5 Å². The van der Waals surface area contributed by atoms with Crippen LogP contribution in [0, 0.1) is 0 Å².